The van der Waals surface area contributed by atoms with Crippen LogP contribution in [0.4, 0.5) is 5.69 Å². The number of nitro groups is 1. The number of hydrogen-bond acceptors (Lipinski definition) is 6. The number of amides is 1. The average molecular weight is 418 g/mol. The van der Waals surface area contributed by atoms with Crippen LogP contribution in [0.3, 0.4) is 0 Å². The minimum Gasteiger partial charge on any atom is -0.459 e. The van der Waals surface area contributed by atoms with Gasteiger partial charge in [0.05, 0.1) is 4.92 Å². The highest BCUT2D eigenvalue weighted by Gasteiger charge is 2.31. The Morgan fingerprint density at radius 2 is 1.42 bits per heavy atom. The second-order valence-corrected chi connectivity index (χ2v) is 6.53. The zero-order valence-electron chi connectivity index (χ0n) is 16.3. The first-order valence-corrected chi connectivity index (χ1v) is 9.31. The number of carbonyl (C=O) groups is 3. The lowest BCUT2D eigenvalue weighted by atomic mass is 10.0. The van der Waals surface area contributed by atoms with Gasteiger partial charge in [-0.3, -0.25) is 19.7 Å². The Bertz CT molecular complexity index is 1080. The zero-order valence-corrected chi connectivity index (χ0v) is 16.3. The summed E-state index contributed by atoms with van der Waals surface area (Å²) in [6.45, 7) is -0.0638. The number of Topliss-reactive ketones (excluding diaryl/α,β-unsaturated/α-hetero) is 1. The number of rotatable bonds is 8. The van der Waals surface area contributed by atoms with Gasteiger partial charge in [0.2, 0.25) is 0 Å². The minimum atomic E-state index is -1.58. The molecular formula is C23H18N2O6. The number of nitrogens with one attached hydrogen (secondary N) is 1. The van der Waals surface area contributed by atoms with Gasteiger partial charge in [-0.25, -0.2) is 4.79 Å². The summed E-state index contributed by atoms with van der Waals surface area (Å²) in [5.74, 6) is -2.28. The van der Waals surface area contributed by atoms with Crippen LogP contribution in [0.2, 0.25) is 0 Å². The Labute approximate surface area is 177 Å². The molecule has 1 N–H and O–H groups in total. The Kier molecular flexibility index (Phi) is 6.85. The molecule has 0 aromatic heterocycles. The number of carbonyl (C=O) groups excluding carboxylic acids is 3. The first kappa shape index (κ1) is 21.4. The van der Waals surface area contributed by atoms with E-state index in [9.17, 15) is 24.5 Å². The largest absolute Gasteiger partial charge is 0.459 e. The average Bonchev–Trinajstić information content (AvgIpc) is 2.81. The number of hydrogen-bond donors (Lipinski definition) is 1. The summed E-state index contributed by atoms with van der Waals surface area (Å²) in [6, 6.07) is 20.2. The predicted molar refractivity (Wildman–Crippen MR) is 111 cm³/mol. The molecule has 3 rings (SSSR count). The van der Waals surface area contributed by atoms with Gasteiger partial charge in [-0.15, -0.1) is 0 Å². The molecule has 3 aromatic carbocycles. The summed E-state index contributed by atoms with van der Waals surface area (Å²) < 4.78 is 5.26. The number of ether oxygens (including phenoxy) is 1. The van der Waals surface area contributed by atoms with Crippen molar-refractivity contribution in [2.75, 3.05) is 0 Å². The van der Waals surface area contributed by atoms with Crippen LogP contribution in [0.25, 0.3) is 0 Å². The Hall–Kier alpha value is -4.33. The van der Waals surface area contributed by atoms with Gasteiger partial charge < -0.3 is 10.1 Å². The van der Waals surface area contributed by atoms with Crippen LogP contribution < -0.4 is 5.32 Å². The molecule has 0 aliphatic heterocycles. The summed E-state index contributed by atoms with van der Waals surface area (Å²) in [7, 11) is 0. The van der Waals surface area contributed by atoms with Gasteiger partial charge >= 0.3 is 5.97 Å². The maximum Gasteiger partial charge on any atom is 0.337 e. The van der Waals surface area contributed by atoms with E-state index in [1.54, 1.807) is 42.5 Å². The van der Waals surface area contributed by atoms with Gasteiger partial charge in [-0.05, 0) is 17.7 Å². The van der Waals surface area contributed by atoms with Crippen LogP contribution in [-0.2, 0) is 16.1 Å². The summed E-state index contributed by atoms with van der Waals surface area (Å²) in [6.07, 6.45) is 0. The molecule has 0 spiro atoms. The third-order valence-corrected chi connectivity index (χ3v) is 4.40. The minimum absolute atomic E-state index is 0.0623. The topological polar surface area (TPSA) is 116 Å². The van der Waals surface area contributed by atoms with Crippen LogP contribution in [0, 0.1) is 10.1 Å². The van der Waals surface area contributed by atoms with E-state index in [-0.39, 0.29) is 23.4 Å². The van der Waals surface area contributed by atoms with Crippen LogP contribution in [0.15, 0.2) is 84.9 Å². The number of ketones is 1. The second kappa shape index (κ2) is 9.93. The van der Waals surface area contributed by atoms with Crippen molar-refractivity contribution in [3.63, 3.8) is 0 Å². The molecule has 1 unspecified atom stereocenters. The number of nitrogens with zero attached hydrogens (tertiary/aromatic N) is 1. The smallest absolute Gasteiger partial charge is 0.337 e. The first-order valence-electron chi connectivity index (χ1n) is 9.31. The number of nitro benzene ring substituents is 1. The molecule has 0 aliphatic carbocycles. The van der Waals surface area contributed by atoms with Crippen LogP contribution >= 0.6 is 0 Å². The molecule has 31 heavy (non-hydrogen) atoms. The highest BCUT2D eigenvalue weighted by atomic mass is 16.6. The molecule has 0 aliphatic rings. The molecule has 0 radical (unpaired) electrons. The SMILES string of the molecule is O=C(NC(C(=O)OCc1ccccc1)C(=O)c1ccccc1)c1ccc([N+](=O)[O-])cc1. The fraction of sp³-hybridized carbons (Fsp3) is 0.0870. The summed E-state index contributed by atoms with van der Waals surface area (Å²) in [5, 5.41) is 13.2. The van der Waals surface area contributed by atoms with Gasteiger partial charge in [-0.1, -0.05) is 60.7 Å². The summed E-state index contributed by atoms with van der Waals surface area (Å²) >= 11 is 0. The van der Waals surface area contributed by atoms with Crippen molar-refractivity contribution in [3.05, 3.63) is 112 Å². The summed E-state index contributed by atoms with van der Waals surface area (Å²) in [5.41, 5.74) is 0.833. The monoisotopic (exact) mass is 418 g/mol. The molecule has 156 valence electrons. The van der Waals surface area contributed by atoms with Gasteiger partial charge in [0.15, 0.2) is 11.8 Å². The molecule has 0 bridgehead atoms. The Morgan fingerprint density at radius 1 is 0.839 bits per heavy atom. The molecule has 3 aromatic rings. The van der Waals surface area contributed by atoms with Crippen LogP contribution in [-0.4, -0.2) is 28.6 Å². The maximum absolute atomic E-state index is 12.9. The lowest BCUT2D eigenvalue weighted by molar-refractivity contribution is -0.384. The second-order valence-electron chi connectivity index (χ2n) is 6.53. The fourth-order valence-electron chi connectivity index (χ4n) is 2.76. The van der Waals surface area contributed by atoms with Crippen molar-refractivity contribution in [2.24, 2.45) is 0 Å². The van der Waals surface area contributed by atoms with Crippen molar-refractivity contribution in [2.45, 2.75) is 12.6 Å². The Morgan fingerprint density at radius 3 is 2.00 bits per heavy atom. The Balaban J connectivity index is 1.79. The van der Waals surface area contributed by atoms with Crippen molar-refractivity contribution in [1.82, 2.24) is 5.32 Å². The third-order valence-electron chi connectivity index (χ3n) is 4.40. The van der Waals surface area contributed by atoms with Crippen molar-refractivity contribution < 1.29 is 24.0 Å². The highest BCUT2D eigenvalue weighted by Crippen LogP contribution is 2.13. The van der Waals surface area contributed by atoms with Gasteiger partial charge in [0.25, 0.3) is 11.6 Å². The van der Waals surface area contributed by atoms with E-state index in [1.165, 1.54) is 24.3 Å². The predicted octanol–water partition coefficient (Wildman–Crippen LogP) is 3.32. The lowest BCUT2D eigenvalue weighted by Gasteiger charge is -2.17. The normalized spacial score (nSPS) is 11.2. The van der Waals surface area contributed by atoms with Crippen molar-refractivity contribution >= 4 is 23.3 Å². The van der Waals surface area contributed by atoms with E-state index in [2.05, 4.69) is 5.32 Å². The molecule has 0 saturated carbocycles. The molecule has 8 heteroatoms. The first-order chi connectivity index (χ1) is 15.0. The number of non-ortho nitro benzene ring substituents is 1. The van der Waals surface area contributed by atoms with Crippen molar-refractivity contribution in [3.8, 4) is 0 Å². The third kappa shape index (κ3) is 5.60. The van der Waals surface area contributed by atoms with Gasteiger partial charge in [0.1, 0.15) is 6.61 Å². The molecule has 1 atom stereocenters. The zero-order chi connectivity index (χ0) is 22.2. The van der Waals surface area contributed by atoms with Gasteiger partial charge in [0, 0.05) is 23.3 Å². The summed E-state index contributed by atoms with van der Waals surface area (Å²) in [4.78, 5) is 48.4. The van der Waals surface area contributed by atoms with Crippen molar-refractivity contribution in [1.29, 1.82) is 0 Å². The molecule has 8 nitrogen and oxygen atoms in total. The van der Waals surface area contributed by atoms with E-state index in [0.29, 0.717) is 0 Å². The maximum atomic E-state index is 12.9. The van der Waals surface area contributed by atoms with Gasteiger partial charge in [-0.2, -0.15) is 0 Å². The molecule has 0 fully saturated rings. The van der Waals surface area contributed by atoms with E-state index in [0.717, 1.165) is 17.7 Å². The lowest BCUT2D eigenvalue weighted by Crippen LogP contribution is -2.47. The van der Waals surface area contributed by atoms with E-state index >= 15 is 0 Å². The molecule has 0 heterocycles. The number of esters is 1. The van der Waals surface area contributed by atoms with Crippen LogP contribution in [0.5, 0.6) is 0 Å². The fourth-order valence-corrected chi connectivity index (χ4v) is 2.76. The van der Waals surface area contributed by atoms with Crippen LogP contribution in [0.1, 0.15) is 26.3 Å². The highest BCUT2D eigenvalue weighted by molar-refractivity contribution is 6.14. The number of benzene rings is 3. The molecule has 0 saturated heterocycles. The standard InChI is InChI=1S/C23H18N2O6/c26-21(17-9-5-2-6-10-17)20(23(28)31-15-16-7-3-1-4-8-16)24-22(27)18-11-13-19(14-12-18)25(29)30/h1-14,20H,15H2,(H,24,27). The molecule has 1 amide bonds. The van der Waals surface area contributed by atoms with E-state index < -0.39 is 28.6 Å². The van der Waals surface area contributed by atoms with E-state index in [1.807, 2.05) is 6.07 Å². The van der Waals surface area contributed by atoms with E-state index in [4.69, 9.17) is 4.74 Å². The quantitative estimate of drug-likeness (QED) is 0.197. The molecular weight excluding hydrogens is 400 g/mol.